The van der Waals surface area contributed by atoms with Gasteiger partial charge < -0.3 is 9.32 Å². The Balaban J connectivity index is 1.50. The third kappa shape index (κ3) is 3.21. The van der Waals surface area contributed by atoms with Gasteiger partial charge in [-0.3, -0.25) is 14.8 Å². The van der Waals surface area contributed by atoms with Gasteiger partial charge in [-0.15, -0.1) is 0 Å². The van der Waals surface area contributed by atoms with Gasteiger partial charge in [0.05, 0.1) is 16.6 Å². The van der Waals surface area contributed by atoms with Crippen LogP contribution in [0.15, 0.2) is 70.0 Å². The molecule has 1 amide bonds. The van der Waals surface area contributed by atoms with Gasteiger partial charge in [-0.25, -0.2) is 4.79 Å². The van der Waals surface area contributed by atoms with Crippen LogP contribution in [0.1, 0.15) is 33.2 Å². The number of amides is 1. The lowest BCUT2D eigenvalue weighted by Gasteiger charge is -2.25. The molecule has 3 heterocycles. The molecule has 2 aromatic heterocycles. The Labute approximate surface area is 170 Å². The number of benzene rings is 2. The van der Waals surface area contributed by atoms with Crippen molar-refractivity contribution < 1.29 is 9.21 Å². The highest BCUT2D eigenvalue weighted by Gasteiger charge is 2.36. The van der Waals surface area contributed by atoms with Gasteiger partial charge in [0, 0.05) is 30.4 Å². The maximum Gasteiger partial charge on any atom is 0.417 e. The van der Waals surface area contributed by atoms with Gasteiger partial charge >= 0.3 is 5.76 Å². The summed E-state index contributed by atoms with van der Waals surface area (Å²) in [5.74, 6) is -0.510. The maximum atomic E-state index is 13.1. The number of nitrogens with zero attached hydrogens (tertiary/aromatic N) is 2. The van der Waals surface area contributed by atoms with Gasteiger partial charge in [-0.05, 0) is 41.5 Å². The van der Waals surface area contributed by atoms with Crippen molar-refractivity contribution in [3.05, 3.63) is 98.8 Å². The number of aromatic amines is 1. The van der Waals surface area contributed by atoms with Crippen molar-refractivity contribution in [1.29, 1.82) is 0 Å². The fourth-order valence-electron chi connectivity index (χ4n) is 3.86. The van der Waals surface area contributed by atoms with Crippen LogP contribution in [0.2, 0.25) is 5.02 Å². The van der Waals surface area contributed by atoms with Gasteiger partial charge in [-0.1, -0.05) is 35.9 Å². The molecule has 0 spiro atoms. The highest BCUT2D eigenvalue weighted by atomic mass is 35.5. The van der Waals surface area contributed by atoms with E-state index in [0.717, 1.165) is 16.8 Å². The fraction of sp³-hybridized carbons (Fsp3) is 0.136. The summed E-state index contributed by atoms with van der Waals surface area (Å²) in [5, 5.41) is 0.579. The second-order valence-corrected chi connectivity index (χ2v) is 7.49. The molecule has 1 N–H and O–H groups in total. The minimum absolute atomic E-state index is 0.0184. The summed E-state index contributed by atoms with van der Waals surface area (Å²) in [6, 6.07) is 16.7. The summed E-state index contributed by atoms with van der Waals surface area (Å²) in [4.78, 5) is 33.4. The summed E-state index contributed by atoms with van der Waals surface area (Å²) >= 11 is 5.96. The van der Waals surface area contributed by atoms with Crippen LogP contribution in [0.4, 0.5) is 0 Å². The van der Waals surface area contributed by atoms with E-state index in [-0.39, 0.29) is 11.9 Å². The van der Waals surface area contributed by atoms with Gasteiger partial charge in [0.1, 0.15) is 0 Å². The first-order chi connectivity index (χ1) is 14.1. The van der Waals surface area contributed by atoms with Crippen molar-refractivity contribution in [2.75, 3.05) is 0 Å². The van der Waals surface area contributed by atoms with Gasteiger partial charge in [0.2, 0.25) is 0 Å². The number of pyridine rings is 1. The topological polar surface area (TPSA) is 79.2 Å². The van der Waals surface area contributed by atoms with Crippen LogP contribution < -0.4 is 5.76 Å². The smallest absolute Gasteiger partial charge is 0.408 e. The van der Waals surface area contributed by atoms with Crippen LogP contribution in [0, 0.1) is 0 Å². The summed E-state index contributed by atoms with van der Waals surface area (Å²) in [6.07, 6.45) is 2.20. The maximum absolute atomic E-state index is 13.1. The number of hydrogen-bond donors (Lipinski definition) is 1. The molecule has 1 unspecified atom stereocenters. The summed E-state index contributed by atoms with van der Waals surface area (Å²) in [7, 11) is 0. The van der Waals surface area contributed by atoms with Crippen LogP contribution in [-0.2, 0) is 13.0 Å². The molecular formula is C22H16ClN3O3. The molecule has 7 heteroatoms. The average Bonchev–Trinajstić information content (AvgIpc) is 3.22. The number of rotatable bonds is 4. The van der Waals surface area contributed by atoms with E-state index in [1.54, 1.807) is 24.4 Å². The number of aromatic nitrogens is 2. The molecule has 0 aliphatic carbocycles. The standard InChI is InChI=1S/C22H16ClN3O3/c23-14-6-7-15(24-11-14)10-19-16-3-1-2-4-17(16)21(27)26(19)12-13-5-8-18-20(9-13)29-22(28)25-18/h1-9,11,19H,10,12H2,(H,25,28). The third-order valence-electron chi connectivity index (χ3n) is 5.22. The molecule has 0 saturated carbocycles. The first kappa shape index (κ1) is 17.7. The Hall–Kier alpha value is -3.38. The number of H-pyrrole nitrogens is 1. The zero-order valence-corrected chi connectivity index (χ0v) is 16.0. The minimum Gasteiger partial charge on any atom is -0.408 e. The Morgan fingerprint density at radius 2 is 1.97 bits per heavy atom. The highest BCUT2D eigenvalue weighted by Crippen LogP contribution is 2.37. The van der Waals surface area contributed by atoms with E-state index in [1.807, 2.05) is 41.3 Å². The van der Waals surface area contributed by atoms with Crippen molar-refractivity contribution in [3.63, 3.8) is 0 Å². The summed E-state index contributed by atoms with van der Waals surface area (Å²) < 4.78 is 5.16. The zero-order valence-electron chi connectivity index (χ0n) is 15.3. The van der Waals surface area contributed by atoms with E-state index in [0.29, 0.717) is 34.7 Å². The molecule has 4 aromatic rings. The van der Waals surface area contributed by atoms with Crippen LogP contribution in [0.25, 0.3) is 11.1 Å². The van der Waals surface area contributed by atoms with Gasteiger partial charge in [0.15, 0.2) is 5.58 Å². The molecule has 5 rings (SSSR count). The molecule has 6 nitrogen and oxygen atoms in total. The number of carbonyl (C=O) groups excluding carboxylic acids is 1. The monoisotopic (exact) mass is 405 g/mol. The summed E-state index contributed by atoms with van der Waals surface area (Å²) in [5.41, 5.74) is 4.56. The number of nitrogens with one attached hydrogen (secondary N) is 1. The van der Waals surface area contributed by atoms with E-state index in [2.05, 4.69) is 9.97 Å². The van der Waals surface area contributed by atoms with Crippen LogP contribution in [0.5, 0.6) is 0 Å². The zero-order chi connectivity index (χ0) is 20.0. The molecule has 0 fully saturated rings. The molecule has 0 saturated heterocycles. The van der Waals surface area contributed by atoms with E-state index in [1.165, 1.54) is 0 Å². The average molecular weight is 406 g/mol. The van der Waals surface area contributed by atoms with Crippen molar-refractivity contribution >= 4 is 28.6 Å². The van der Waals surface area contributed by atoms with Crippen LogP contribution in [-0.4, -0.2) is 20.8 Å². The molecule has 1 aliphatic rings. The third-order valence-corrected chi connectivity index (χ3v) is 5.44. The lowest BCUT2D eigenvalue weighted by Crippen LogP contribution is -2.29. The summed E-state index contributed by atoms with van der Waals surface area (Å²) in [6.45, 7) is 0.399. The van der Waals surface area contributed by atoms with Crippen molar-refractivity contribution in [3.8, 4) is 0 Å². The van der Waals surface area contributed by atoms with Gasteiger partial charge in [-0.2, -0.15) is 0 Å². The normalized spacial score (nSPS) is 15.8. The van der Waals surface area contributed by atoms with Crippen molar-refractivity contribution in [1.82, 2.24) is 14.9 Å². The molecule has 1 atom stereocenters. The second kappa shape index (κ2) is 6.90. The number of halogens is 1. The number of carbonyl (C=O) groups is 1. The van der Waals surface area contributed by atoms with Gasteiger partial charge in [0.25, 0.3) is 5.91 Å². The van der Waals surface area contributed by atoms with Crippen LogP contribution in [0.3, 0.4) is 0 Å². The molecule has 2 aromatic carbocycles. The Morgan fingerprint density at radius 3 is 2.79 bits per heavy atom. The van der Waals surface area contributed by atoms with E-state index >= 15 is 0 Å². The quantitative estimate of drug-likeness (QED) is 0.554. The predicted molar refractivity (Wildman–Crippen MR) is 109 cm³/mol. The highest BCUT2D eigenvalue weighted by molar-refractivity contribution is 6.30. The number of fused-ring (bicyclic) bond motifs is 2. The Kier molecular flexibility index (Phi) is 4.21. The first-order valence-corrected chi connectivity index (χ1v) is 9.58. The fourth-order valence-corrected chi connectivity index (χ4v) is 3.97. The lowest BCUT2D eigenvalue weighted by atomic mass is 10.0. The molecule has 1 aliphatic heterocycles. The van der Waals surface area contributed by atoms with Crippen molar-refractivity contribution in [2.24, 2.45) is 0 Å². The molecular weight excluding hydrogens is 390 g/mol. The molecule has 29 heavy (non-hydrogen) atoms. The van der Waals surface area contributed by atoms with Crippen LogP contribution >= 0.6 is 11.6 Å². The molecule has 0 radical (unpaired) electrons. The molecule has 0 bridgehead atoms. The van der Waals surface area contributed by atoms with E-state index in [4.69, 9.17) is 16.0 Å². The SMILES string of the molecule is O=C1c2ccccc2C(Cc2ccc(Cl)cn2)N1Cc1ccc2[nH]c(=O)oc2c1. The predicted octanol–water partition coefficient (Wildman–Crippen LogP) is 4.11. The van der Waals surface area contributed by atoms with Crippen molar-refractivity contribution in [2.45, 2.75) is 19.0 Å². The lowest BCUT2D eigenvalue weighted by molar-refractivity contribution is 0.0708. The second-order valence-electron chi connectivity index (χ2n) is 7.05. The van der Waals surface area contributed by atoms with E-state index in [9.17, 15) is 9.59 Å². The minimum atomic E-state index is -0.492. The first-order valence-electron chi connectivity index (χ1n) is 9.20. The Morgan fingerprint density at radius 1 is 1.10 bits per heavy atom. The largest absolute Gasteiger partial charge is 0.417 e. The number of hydrogen-bond acceptors (Lipinski definition) is 4. The van der Waals surface area contributed by atoms with E-state index < -0.39 is 5.76 Å². The molecule has 144 valence electrons. The Bertz CT molecular complexity index is 1280. The number of oxazole rings is 1.